The van der Waals surface area contributed by atoms with Crippen LogP contribution in [0.5, 0.6) is 5.88 Å². The third-order valence-electron chi connectivity index (χ3n) is 3.05. The van der Waals surface area contributed by atoms with Crippen molar-refractivity contribution in [3.8, 4) is 5.88 Å². The fourth-order valence-corrected chi connectivity index (χ4v) is 2.00. The lowest BCUT2D eigenvalue weighted by Gasteiger charge is -2.14. The number of carbonyl (C=O) groups is 1. The summed E-state index contributed by atoms with van der Waals surface area (Å²) in [7, 11) is 1.83. The van der Waals surface area contributed by atoms with Crippen LogP contribution in [0.3, 0.4) is 0 Å². The molecular weight excluding hydrogens is 284 g/mol. The molecule has 2 amide bonds. The maximum Gasteiger partial charge on any atom is 0.315 e. The van der Waals surface area contributed by atoms with Crippen molar-refractivity contribution in [2.75, 3.05) is 6.61 Å². The van der Waals surface area contributed by atoms with Gasteiger partial charge in [-0.15, -0.1) is 10.2 Å². The van der Waals surface area contributed by atoms with Crippen LogP contribution >= 0.6 is 0 Å². The van der Waals surface area contributed by atoms with Crippen LogP contribution in [0.15, 0.2) is 24.7 Å². The Bertz CT molecular complexity index is 627. The van der Waals surface area contributed by atoms with Crippen molar-refractivity contribution < 1.29 is 9.53 Å². The highest BCUT2D eigenvalue weighted by Gasteiger charge is 2.14. The molecule has 0 aliphatic carbocycles. The fourth-order valence-electron chi connectivity index (χ4n) is 2.00. The molecule has 0 saturated carbocycles. The van der Waals surface area contributed by atoms with E-state index in [4.69, 9.17) is 4.74 Å². The Morgan fingerprint density at radius 3 is 3.00 bits per heavy atom. The van der Waals surface area contributed by atoms with Crippen molar-refractivity contribution in [2.24, 2.45) is 7.05 Å². The number of carbonyl (C=O) groups excluding carboxylic acids is 1. The van der Waals surface area contributed by atoms with E-state index < -0.39 is 0 Å². The van der Waals surface area contributed by atoms with Gasteiger partial charge in [0.1, 0.15) is 6.33 Å². The van der Waals surface area contributed by atoms with Gasteiger partial charge in [0.25, 0.3) is 0 Å². The Kier molecular flexibility index (Phi) is 5.29. The second kappa shape index (κ2) is 7.39. The Hall–Kier alpha value is -2.64. The summed E-state index contributed by atoms with van der Waals surface area (Å²) >= 11 is 0. The van der Waals surface area contributed by atoms with Gasteiger partial charge in [-0.2, -0.15) is 0 Å². The van der Waals surface area contributed by atoms with Crippen molar-refractivity contribution in [2.45, 2.75) is 26.4 Å². The molecule has 2 heterocycles. The first-order valence-corrected chi connectivity index (χ1v) is 7.06. The molecule has 2 aromatic rings. The lowest BCUT2D eigenvalue weighted by Crippen LogP contribution is -2.37. The highest BCUT2D eigenvalue weighted by molar-refractivity contribution is 5.74. The predicted molar refractivity (Wildman–Crippen MR) is 80.2 cm³/mol. The number of pyridine rings is 1. The van der Waals surface area contributed by atoms with Crippen molar-refractivity contribution in [3.05, 3.63) is 36.0 Å². The van der Waals surface area contributed by atoms with Gasteiger partial charge in [-0.3, -0.25) is 0 Å². The third kappa shape index (κ3) is 3.94. The number of urea groups is 1. The molecule has 8 heteroatoms. The summed E-state index contributed by atoms with van der Waals surface area (Å²) in [6.45, 7) is 4.60. The smallest absolute Gasteiger partial charge is 0.315 e. The third-order valence-corrected chi connectivity index (χ3v) is 3.05. The van der Waals surface area contributed by atoms with Gasteiger partial charge in [0.15, 0.2) is 5.82 Å². The maximum atomic E-state index is 12.0. The number of hydrogen-bond donors (Lipinski definition) is 2. The number of aryl methyl sites for hydroxylation is 1. The molecule has 0 aliphatic rings. The van der Waals surface area contributed by atoms with Crippen LogP contribution in [-0.4, -0.2) is 32.4 Å². The van der Waals surface area contributed by atoms with Crippen LogP contribution in [0.4, 0.5) is 4.79 Å². The molecule has 0 radical (unpaired) electrons. The first-order chi connectivity index (χ1) is 10.6. The van der Waals surface area contributed by atoms with E-state index in [1.54, 1.807) is 23.2 Å². The SMILES string of the molecule is CCOc1ncccc1CNC(=O)N[C@H](C)c1nncn1C. The zero-order chi connectivity index (χ0) is 15.9. The number of nitrogens with zero attached hydrogens (tertiary/aromatic N) is 4. The first kappa shape index (κ1) is 15.7. The summed E-state index contributed by atoms with van der Waals surface area (Å²) in [5, 5.41) is 13.4. The minimum atomic E-state index is -0.290. The average molecular weight is 304 g/mol. The lowest BCUT2D eigenvalue weighted by molar-refractivity contribution is 0.236. The minimum absolute atomic E-state index is 0.243. The van der Waals surface area contributed by atoms with Gasteiger partial charge in [-0.05, 0) is 19.9 Å². The van der Waals surface area contributed by atoms with E-state index in [-0.39, 0.29) is 12.1 Å². The number of rotatable bonds is 6. The number of aromatic nitrogens is 4. The van der Waals surface area contributed by atoms with Gasteiger partial charge in [-0.1, -0.05) is 6.07 Å². The molecule has 0 spiro atoms. The van der Waals surface area contributed by atoms with Crippen LogP contribution in [0.2, 0.25) is 0 Å². The molecule has 2 aromatic heterocycles. The highest BCUT2D eigenvalue weighted by Crippen LogP contribution is 2.13. The van der Waals surface area contributed by atoms with Crippen molar-refractivity contribution >= 4 is 6.03 Å². The fraction of sp³-hybridized carbons (Fsp3) is 0.429. The van der Waals surface area contributed by atoms with E-state index in [1.165, 1.54) is 0 Å². The topological polar surface area (TPSA) is 94.0 Å². The Morgan fingerprint density at radius 2 is 2.32 bits per heavy atom. The zero-order valence-electron chi connectivity index (χ0n) is 12.9. The number of nitrogens with one attached hydrogen (secondary N) is 2. The second-order valence-electron chi connectivity index (χ2n) is 4.75. The van der Waals surface area contributed by atoms with Gasteiger partial charge in [0.2, 0.25) is 5.88 Å². The van der Waals surface area contributed by atoms with Gasteiger partial charge in [0, 0.05) is 25.4 Å². The normalized spacial score (nSPS) is 11.8. The van der Waals surface area contributed by atoms with E-state index in [9.17, 15) is 4.79 Å². The van der Waals surface area contributed by atoms with Gasteiger partial charge in [0.05, 0.1) is 12.6 Å². The Balaban J connectivity index is 1.89. The molecule has 0 aliphatic heterocycles. The largest absolute Gasteiger partial charge is 0.478 e. The van der Waals surface area contributed by atoms with E-state index >= 15 is 0 Å². The van der Waals surface area contributed by atoms with Crippen molar-refractivity contribution in [3.63, 3.8) is 0 Å². The number of amides is 2. The van der Waals surface area contributed by atoms with E-state index in [0.717, 1.165) is 5.56 Å². The highest BCUT2D eigenvalue weighted by atomic mass is 16.5. The Labute approximate surface area is 128 Å². The summed E-state index contributed by atoms with van der Waals surface area (Å²) in [5.74, 6) is 1.22. The molecule has 0 aromatic carbocycles. The standard InChI is InChI=1S/C14H20N6O2/c1-4-22-13-11(6-5-7-15-13)8-16-14(21)18-10(2)12-19-17-9-20(12)3/h5-7,9-10H,4,8H2,1-3H3,(H2,16,18,21)/t10-/m1/s1. The van der Waals surface area contributed by atoms with E-state index in [2.05, 4.69) is 25.8 Å². The van der Waals surface area contributed by atoms with Crippen molar-refractivity contribution in [1.29, 1.82) is 0 Å². The number of hydrogen-bond acceptors (Lipinski definition) is 5. The molecule has 118 valence electrons. The number of ether oxygens (including phenoxy) is 1. The van der Waals surface area contributed by atoms with E-state index in [1.807, 2.05) is 27.0 Å². The monoisotopic (exact) mass is 304 g/mol. The van der Waals surface area contributed by atoms with Crippen LogP contribution in [0, 0.1) is 0 Å². The minimum Gasteiger partial charge on any atom is -0.478 e. The molecule has 1 atom stereocenters. The van der Waals surface area contributed by atoms with Crippen LogP contribution in [0.1, 0.15) is 31.3 Å². The molecule has 0 saturated heterocycles. The maximum absolute atomic E-state index is 12.0. The molecular formula is C14H20N6O2. The summed E-state index contributed by atoms with van der Waals surface area (Å²) in [5.41, 5.74) is 0.825. The van der Waals surface area contributed by atoms with Gasteiger partial charge in [-0.25, -0.2) is 9.78 Å². The predicted octanol–water partition coefficient (Wildman–Crippen LogP) is 1.17. The van der Waals surface area contributed by atoms with Crippen molar-refractivity contribution in [1.82, 2.24) is 30.4 Å². The quantitative estimate of drug-likeness (QED) is 0.835. The molecule has 0 fully saturated rings. The first-order valence-electron chi connectivity index (χ1n) is 7.06. The molecule has 22 heavy (non-hydrogen) atoms. The summed E-state index contributed by atoms with van der Waals surface area (Å²) < 4.78 is 7.18. The Morgan fingerprint density at radius 1 is 1.50 bits per heavy atom. The van der Waals surface area contributed by atoms with Crippen LogP contribution in [-0.2, 0) is 13.6 Å². The molecule has 0 unspecified atom stereocenters. The van der Waals surface area contributed by atoms with Crippen LogP contribution < -0.4 is 15.4 Å². The zero-order valence-corrected chi connectivity index (χ0v) is 12.9. The van der Waals surface area contributed by atoms with Gasteiger partial charge >= 0.3 is 6.03 Å². The molecule has 0 bridgehead atoms. The van der Waals surface area contributed by atoms with Crippen LogP contribution in [0.25, 0.3) is 0 Å². The lowest BCUT2D eigenvalue weighted by atomic mass is 10.2. The van der Waals surface area contributed by atoms with E-state index in [0.29, 0.717) is 24.9 Å². The van der Waals surface area contributed by atoms with Gasteiger partial charge < -0.3 is 19.9 Å². The average Bonchev–Trinajstić information content (AvgIpc) is 2.93. The summed E-state index contributed by atoms with van der Waals surface area (Å²) in [6, 6.07) is 3.14. The summed E-state index contributed by atoms with van der Waals surface area (Å²) in [4.78, 5) is 16.1. The second-order valence-corrected chi connectivity index (χ2v) is 4.75. The molecule has 2 rings (SSSR count). The molecule has 8 nitrogen and oxygen atoms in total. The summed E-state index contributed by atoms with van der Waals surface area (Å²) in [6.07, 6.45) is 3.25. The molecule has 2 N–H and O–H groups in total.